The smallest absolute Gasteiger partial charge is 0.173 e. The molecule has 5 heteroatoms. The Bertz CT molecular complexity index is 598. The van der Waals surface area contributed by atoms with E-state index in [-0.39, 0.29) is 10.5 Å². The van der Waals surface area contributed by atoms with Crippen LogP contribution in [0, 0.1) is 18.6 Å². The van der Waals surface area contributed by atoms with Crippen LogP contribution in [0.2, 0.25) is 0 Å². The summed E-state index contributed by atoms with van der Waals surface area (Å²) in [6, 6.07) is 4.72. The minimum Gasteiger partial charge on any atom is -0.306 e. The molecular formula is C15H16BrF2NS. The lowest BCUT2D eigenvalue weighted by Gasteiger charge is -2.20. The quantitative estimate of drug-likeness (QED) is 0.724. The Labute approximate surface area is 130 Å². The van der Waals surface area contributed by atoms with Crippen molar-refractivity contribution in [1.29, 1.82) is 0 Å². The zero-order chi connectivity index (χ0) is 14.7. The second-order valence-electron chi connectivity index (χ2n) is 4.62. The van der Waals surface area contributed by atoms with Crippen molar-refractivity contribution in [3.8, 4) is 0 Å². The zero-order valence-corrected chi connectivity index (χ0v) is 13.7. The van der Waals surface area contributed by atoms with Gasteiger partial charge in [0.05, 0.1) is 10.5 Å². The molecule has 0 saturated carbocycles. The molecule has 1 unspecified atom stereocenters. The summed E-state index contributed by atoms with van der Waals surface area (Å²) in [6.45, 7) is 4.92. The largest absolute Gasteiger partial charge is 0.306 e. The van der Waals surface area contributed by atoms with Crippen LogP contribution < -0.4 is 5.32 Å². The minimum absolute atomic E-state index is 0.126. The van der Waals surface area contributed by atoms with Crippen molar-refractivity contribution in [1.82, 2.24) is 5.32 Å². The Balaban J connectivity index is 2.47. The number of hydrogen-bond donors (Lipinski definition) is 1. The van der Waals surface area contributed by atoms with Crippen LogP contribution in [0.3, 0.4) is 0 Å². The standard InChI is InChI=1S/C15H16BrF2NS/c1-3-7-19-14(15-9(2)6-8-20-15)10-4-5-11(17)13(18)12(10)16/h4-6,8,14,19H,3,7H2,1-2H3. The molecule has 0 bridgehead atoms. The van der Waals surface area contributed by atoms with E-state index < -0.39 is 11.6 Å². The fourth-order valence-electron chi connectivity index (χ4n) is 2.08. The second-order valence-corrected chi connectivity index (χ2v) is 6.36. The summed E-state index contributed by atoms with van der Waals surface area (Å²) in [6.07, 6.45) is 0.974. The Hall–Kier alpha value is -0.780. The van der Waals surface area contributed by atoms with E-state index in [9.17, 15) is 8.78 Å². The summed E-state index contributed by atoms with van der Waals surface area (Å²) in [5, 5.41) is 5.42. The first-order chi connectivity index (χ1) is 9.56. The van der Waals surface area contributed by atoms with Gasteiger partial charge in [0.1, 0.15) is 0 Å². The van der Waals surface area contributed by atoms with E-state index in [4.69, 9.17) is 0 Å². The van der Waals surface area contributed by atoms with Gasteiger partial charge in [-0.3, -0.25) is 0 Å². The van der Waals surface area contributed by atoms with Gasteiger partial charge in [0.25, 0.3) is 0 Å². The molecule has 2 aromatic rings. The van der Waals surface area contributed by atoms with Crippen LogP contribution in [0.25, 0.3) is 0 Å². The van der Waals surface area contributed by atoms with Gasteiger partial charge in [0.2, 0.25) is 0 Å². The van der Waals surface area contributed by atoms with Crippen molar-refractivity contribution in [3.63, 3.8) is 0 Å². The van der Waals surface area contributed by atoms with Crippen LogP contribution in [0.5, 0.6) is 0 Å². The minimum atomic E-state index is -0.835. The van der Waals surface area contributed by atoms with Gasteiger partial charge < -0.3 is 5.32 Å². The molecule has 1 N–H and O–H groups in total. The van der Waals surface area contributed by atoms with Crippen molar-refractivity contribution in [2.45, 2.75) is 26.3 Å². The maximum absolute atomic E-state index is 13.8. The van der Waals surface area contributed by atoms with Crippen molar-refractivity contribution in [2.24, 2.45) is 0 Å². The molecule has 0 aliphatic carbocycles. The van der Waals surface area contributed by atoms with Crippen LogP contribution in [0.1, 0.15) is 35.4 Å². The monoisotopic (exact) mass is 359 g/mol. The average molecular weight is 360 g/mol. The summed E-state index contributed by atoms with van der Waals surface area (Å²) in [7, 11) is 0. The lowest BCUT2D eigenvalue weighted by atomic mass is 10.0. The highest BCUT2D eigenvalue weighted by Crippen LogP contribution is 2.35. The van der Waals surface area contributed by atoms with Crippen molar-refractivity contribution in [2.75, 3.05) is 6.54 Å². The van der Waals surface area contributed by atoms with Gasteiger partial charge in [-0.05, 0) is 64.5 Å². The number of halogens is 3. The number of rotatable bonds is 5. The topological polar surface area (TPSA) is 12.0 Å². The molecule has 2 rings (SSSR count). The van der Waals surface area contributed by atoms with Gasteiger partial charge in [0, 0.05) is 4.88 Å². The van der Waals surface area contributed by atoms with E-state index in [1.54, 1.807) is 17.4 Å². The van der Waals surface area contributed by atoms with E-state index in [2.05, 4.69) is 28.2 Å². The van der Waals surface area contributed by atoms with Crippen LogP contribution in [-0.4, -0.2) is 6.54 Å². The van der Waals surface area contributed by atoms with Crippen molar-refractivity contribution >= 4 is 27.3 Å². The lowest BCUT2D eigenvalue weighted by Crippen LogP contribution is -2.23. The molecule has 0 amide bonds. The van der Waals surface area contributed by atoms with Gasteiger partial charge in [-0.15, -0.1) is 11.3 Å². The summed E-state index contributed by atoms with van der Waals surface area (Å²) >= 11 is 4.81. The molecular weight excluding hydrogens is 344 g/mol. The third kappa shape index (κ3) is 3.10. The molecule has 1 aromatic carbocycles. The van der Waals surface area contributed by atoms with E-state index in [1.165, 1.54) is 6.07 Å². The summed E-state index contributed by atoms with van der Waals surface area (Å²) < 4.78 is 27.2. The Morgan fingerprint density at radius 1 is 1.30 bits per heavy atom. The Morgan fingerprint density at radius 2 is 2.05 bits per heavy atom. The van der Waals surface area contributed by atoms with E-state index in [0.717, 1.165) is 29.0 Å². The van der Waals surface area contributed by atoms with Crippen LogP contribution in [-0.2, 0) is 0 Å². The molecule has 0 saturated heterocycles. The molecule has 1 aromatic heterocycles. The third-order valence-electron chi connectivity index (χ3n) is 3.14. The van der Waals surface area contributed by atoms with E-state index in [0.29, 0.717) is 0 Å². The molecule has 20 heavy (non-hydrogen) atoms. The zero-order valence-electron chi connectivity index (χ0n) is 11.3. The number of nitrogens with one attached hydrogen (secondary N) is 1. The molecule has 0 radical (unpaired) electrons. The van der Waals surface area contributed by atoms with Crippen LogP contribution in [0.4, 0.5) is 8.78 Å². The molecule has 1 atom stereocenters. The average Bonchev–Trinajstić information content (AvgIpc) is 2.85. The maximum Gasteiger partial charge on any atom is 0.173 e. The maximum atomic E-state index is 13.8. The Morgan fingerprint density at radius 3 is 2.65 bits per heavy atom. The molecule has 108 valence electrons. The first-order valence-electron chi connectivity index (χ1n) is 6.47. The van der Waals surface area contributed by atoms with Crippen LogP contribution in [0.15, 0.2) is 28.1 Å². The lowest BCUT2D eigenvalue weighted by molar-refractivity contribution is 0.498. The highest BCUT2D eigenvalue weighted by molar-refractivity contribution is 9.10. The number of thiophene rings is 1. The molecule has 0 fully saturated rings. The SMILES string of the molecule is CCCNC(c1ccc(F)c(F)c1Br)c1sccc1C. The highest BCUT2D eigenvalue weighted by atomic mass is 79.9. The summed E-state index contributed by atoms with van der Waals surface area (Å²) in [5.74, 6) is -1.67. The first kappa shape index (κ1) is 15.6. The molecule has 1 heterocycles. The number of hydrogen-bond acceptors (Lipinski definition) is 2. The van der Waals surface area contributed by atoms with Crippen molar-refractivity contribution < 1.29 is 8.78 Å². The van der Waals surface area contributed by atoms with Gasteiger partial charge in [-0.25, -0.2) is 8.78 Å². The highest BCUT2D eigenvalue weighted by Gasteiger charge is 2.22. The fraction of sp³-hybridized carbons (Fsp3) is 0.333. The molecule has 0 spiro atoms. The second kappa shape index (κ2) is 6.78. The summed E-state index contributed by atoms with van der Waals surface area (Å²) in [5.41, 5.74) is 1.88. The third-order valence-corrected chi connectivity index (χ3v) is 5.03. The van der Waals surface area contributed by atoms with E-state index in [1.807, 2.05) is 18.4 Å². The number of aryl methyl sites for hydroxylation is 1. The number of benzene rings is 1. The van der Waals surface area contributed by atoms with Gasteiger partial charge in [-0.2, -0.15) is 0 Å². The Kier molecular flexibility index (Phi) is 5.29. The fourth-order valence-corrected chi connectivity index (χ4v) is 3.65. The van der Waals surface area contributed by atoms with E-state index >= 15 is 0 Å². The van der Waals surface area contributed by atoms with Gasteiger partial charge in [0.15, 0.2) is 11.6 Å². The normalized spacial score (nSPS) is 12.7. The van der Waals surface area contributed by atoms with Gasteiger partial charge in [-0.1, -0.05) is 13.0 Å². The molecule has 0 aliphatic heterocycles. The first-order valence-corrected chi connectivity index (χ1v) is 8.14. The van der Waals surface area contributed by atoms with Crippen molar-refractivity contribution in [3.05, 3.63) is 55.7 Å². The molecule has 1 nitrogen and oxygen atoms in total. The van der Waals surface area contributed by atoms with Crippen LogP contribution >= 0.6 is 27.3 Å². The summed E-state index contributed by atoms with van der Waals surface area (Å²) in [4.78, 5) is 1.13. The predicted molar refractivity (Wildman–Crippen MR) is 83.3 cm³/mol. The molecule has 0 aliphatic rings. The van der Waals surface area contributed by atoms with Gasteiger partial charge >= 0.3 is 0 Å². The predicted octanol–water partition coefficient (Wildman–Crippen LogP) is 5.19.